The van der Waals surface area contributed by atoms with Crippen LogP contribution in [0.25, 0.3) is 0 Å². The fourth-order valence-corrected chi connectivity index (χ4v) is 3.62. The van der Waals surface area contributed by atoms with Crippen LogP contribution in [0.1, 0.15) is 11.1 Å². The van der Waals surface area contributed by atoms with Crippen LogP contribution in [0, 0.1) is 0 Å². The number of benzene rings is 3. The molecular formula is C27H27N7O2. The molecule has 1 aromatic heterocycles. The van der Waals surface area contributed by atoms with Gasteiger partial charge in [-0.05, 0) is 35.4 Å². The predicted molar refractivity (Wildman–Crippen MR) is 141 cm³/mol. The number of anilines is 4. The minimum Gasteiger partial charge on any atom is -0.489 e. The smallest absolute Gasteiger partial charge is 0.250 e. The van der Waals surface area contributed by atoms with E-state index in [-0.39, 0.29) is 0 Å². The van der Waals surface area contributed by atoms with Crippen LogP contribution < -0.4 is 20.4 Å². The quantitative estimate of drug-likeness (QED) is 0.267. The molecule has 0 unspecified atom stereocenters. The van der Waals surface area contributed by atoms with E-state index >= 15 is 0 Å². The summed E-state index contributed by atoms with van der Waals surface area (Å²) in [5.74, 6) is 2.12. The molecule has 2 N–H and O–H groups in total. The molecule has 9 heteroatoms. The summed E-state index contributed by atoms with van der Waals surface area (Å²) in [6.45, 7) is 3.21. The molecule has 1 fully saturated rings. The van der Waals surface area contributed by atoms with Gasteiger partial charge in [-0.25, -0.2) is 5.43 Å². The Balaban J connectivity index is 1.28. The summed E-state index contributed by atoms with van der Waals surface area (Å²) in [5, 5.41) is 7.59. The fraction of sp³-hybridized carbons (Fsp3) is 0.185. The molecule has 3 aromatic carbocycles. The maximum atomic E-state index is 5.91. The molecule has 1 aliphatic heterocycles. The van der Waals surface area contributed by atoms with E-state index in [0.29, 0.717) is 50.8 Å². The monoisotopic (exact) mass is 481 g/mol. The third-order valence-electron chi connectivity index (χ3n) is 5.43. The predicted octanol–water partition coefficient (Wildman–Crippen LogP) is 4.48. The molecule has 0 saturated carbocycles. The third-order valence-corrected chi connectivity index (χ3v) is 5.43. The van der Waals surface area contributed by atoms with Gasteiger partial charge in [0.1, 0.15) is 12.4 Å². The van der Waals surface area contributed by atoms with E-state index in [9.17, 15) is 0 Å². The number of morpholine rings is 1. The first kappa shape index (κ1) is 23.3. The zero-order valence-corrected chi connectivity index (χ0v) is 19.7. The first-order valence-electron chi connectivity index (χ1n) is 11.8. The summed E-state index contributed by atoms with van der Waals surface area (Å²) >= 11 is 0. The lowest BCUT2D eigenvalue weighted by atomic mass is 10.2. The second kappa shape index (κ2) is 11.8. The van der Waals surface area contributed by atoms with Gasteiger partial charge in [0.25, 0.3) is 0 Å². The summed E-state index contributed by atoms with van der Waals surface area (Å²) in [6.07, 6.45) is 1.71. The second-order valence-electron chi connectivity index (χ2n) is 8.09. The molecule has 182 valence electrons. The molecule has 0 aliphatic carbocycles. The van der Waals surface area contributed by atoms with Crippen molar-refractivity contribution >= 4 is 29.7 Å². The zero-order chi connectivity index (χ0) is 24.4. The minimum atomic E-state index is 0.345. The van der Waals surface area contributed by atoms with Gasteiger partial charge in [-0.3, -0.25) is 0 Å². The van der Waals surface area contributed by atoms with Crippen molar-refractivity contribution < 1.29 is 9.47 Å². The van der Waals surface area contributed by atoms with Crippen LogP contribution in [-0.2, 0) is 11.3 Å². The number of para-hydroxylation sites is 1. The van der Waals surface area contributed by atoms with Crippen molar-refractivity contribution in [3.8, 4) is 5.75 Å². The molecule has 36 heavy (non-hydrogen) atoms. The zero-order valence-electron chi connectivity index (χ0n) is 19.7. The summed E-state index contributed by atoms with van der Waals surface area (Å²) in [4.78, 5) is 15.7. The van der Waals surface area contributed by atoms with Crippen molar-refractivity contribution in [2.45, 2.75) is 6.61 Å². The van der Waals surface area contributed by atoms with Crippen molar-refractivity contribution in [2.75, 3.05) is 41.9 Å². The summed E-state index contributed by atoms with van der Waals surface area (Å²) in [5.41, 5.74) is 5.83. The van der Waals surface area contributed by atoms with Crippen molar-refractivity contribution in [1.29, 1.82) is 0 Å². The molecule has 0 radical (unpaired) electrons. The standard InChI is InChI=1S/C27H27N7O2/c1-3-8-21(9-4-1)20-36-24-13-7-10-22(18-24)19-28-33-26-30-25(29-23-11-5-2-6-12-23)31-27(32-26)34-14-16-35-17-15-34/h1-13,18-19H,14-17,20H2,(H2,29,30,31,32,33)/b28-19+. The topological polar surface area (TPSA) is 96.8 Å². The van der Waals surface area contributed by atoms with Gasteiger partial charge in [-0.15, -0.1) is 0 Å². The Morgan fingerprint density at radius 2 is 1.61 bits per heavy atom. The minimum absolute atomic E-state index is 0.345. The maximum absolute atomic E-state index is 5.91. The Morgan fingerprint density at radius 3 is 2.42 bits per heavy atom. The number of hydrogen-bond donors (Lipinski definition) is 2. The molecule has 0 amide bonds. The Hall–Kier alpha value is -4.50. The number of hydrazone groups is 1. The second-order valence-corrected chi connectivity index (χ2v) is 8.09. The largest absolute Gasteiger partial charge is 0.489 e. The van der Waals surface area contributed by atoms with Crippen LogP contribution in [0.5, 0.6) is 5.75 Å². The molecule has 0 atom stereocenters. The molecule has 1 aliphatic rings. The van der Waals surface area contributed by atoms with Crippen molar-refractivity contribution in [2.24, 2.45) is 5.10 Å². The molecule has 1 saturated heterocycles. The van der Waals surface area contributed by atoms with Crippen LogP contribution in [0.4, 0.5) is 23.5 Å². The summed E-state index contributed by atoms with van der Waals surface area (Å²) in [7, 11) is 0. The summed E-state index contributed by atoms with van der Waals surface area (Å²) in [6, 6.07) is 27.6. The van der Waals surface area contributed by atoms with Gasteiger partial charge in [0.05, 0.1) is 19.4 Å². The normalized spacial score (nSPS) is 13.5. The maximum Gasteiger partial charge on any atom is 0.250 e. The van der Waals surface area contributed by atoms with Crippen molar-refractivity contribution in [3.63, 3.8) is 0 Å². The van der Waals surface area contributed by atoms with E-state index in [2.05, 4.69) is 35.7 Å². The van der Waals surface area contributed by atoms with Gasteiger partial charge in [0, 0.05) is 18.8 Å². The number of hydrogen-bond acceptors (Lipinski definition) is 9. The van der Waals surface area contributed by atoms with Gasteiger partial charge < -0.3 is 19.7 Å². The molecule has 0 bridgehead atoms. The molecule has 9 nitrogen and oxygen atoms in total. The highest BCUT2D eigenvalue weighted by atomic mass is 16.5. The van der Waals surface area contributed by atoms with Gasteiger partial charge in [-0.1, -0.05) is 60.7 Å². The molecule has 4 aromatic rings. The van der Waals surface area contributed by atoms with Crippen LogP contribution in [0.15, 0.2) is 90.0 Å². The number of nitrogens with zero attached hydrogens (tertiary/aromatic N) is 5. The first-order valence-corrected chi connectivity index (χ1v) is 11.8. The average molecular weight is 482 g/mol. The Kier molecular flexibility index (Phi) is 7.60. The highest BCUT2D eigenvalue weighted by Crippen LogP contribution is 2.19. The average Bonchev–Trinajstić information content (AvgIpc) is 2.94. The Labute approximate surface area is 209 Å². The van der Waals surface area contributed by atoms with Crippen molar-refractivity contribution in [3.05, 3.63) is 96.1 Å². The van der Waals surface area contributed by atoms with E-state index in [4.69, 9.17) is 9.47 Å². The van der Waals surface area contributed by atoms with Crippen LogP contribution in [0.3, 0.4) is 0 Å². The summed E-state index contributed by atoms with van der Waals surface area (Å²) < 4.78 is 11.4. The van der Waals surface area contributed by atoms with Crippen LogP contribution in [-0.4, -0.2) is 47.5 Å². The van der Waals surface area contributed by atoms with Gasteiger partial charge in [0.2, 0.25) is 17.8 Å². The SMILES string of the molecule is C(=N\Nc1nc(Nc2ccccc2)nc(N2CCOCC2)n1)/c1cccc(OCc2ccccc2)c1. The molecule has 0 spiro atoms. The number of rotatable bonds is 9. The van der Waals surface area contributed by atoms with E-state index in [1.807, 2.05) is 84.9 Å². The number of ether oxygens (including phenoxy) is 2. The van der Waals surface area contributed by atoms with E-state index < -0.39 is 0 Å². The Bertz CT molecular complexity index is 1280. The van der Waals surface area contributed by atoms with Gasteiger partial charge in [0.15, 0.2) is 0 Å². The van der Waals surface area contributed by atoms with Crippen LogP contribution in [0.2, 0.25) is 0 Å². The van der Waals surface area contributed by atoms with E-state index in [1.54, 1.807) is 6.21 Å². The van der Waals surface area contributed by atoms with Crippen molar-refractivity contribution in [1.82, 2.24) is 15.0 Å². The highest BCUT2D eigenvalue weighted by Gasteiger charge is 2.16. The number of nitrogens with one attached hydrogen (secondary N) is 2. The van der Waals surface area contributed by atoms with Gasteiger partial charge in [-0.2, -0.15) is 20.1 Å². The lowest BCUT2D eigenvalue weighted by Crippen LogP contribution is -2.37. The fourth-order valence-electron chi connectivity index (χ4n) is 3.62. The number of aromatic nitrogens is 3. The first-order chi connectivity index (χ1) is 17.8. The molecular weight excluding hydrogens is 454 g/mol. The van der Waals surface area contributed by atoms with E-state index in [0.717, 1.165) is 22.6 Å². The lowest BCUT2D eigenvalue weighted by molar-refractivity contribution is 0.122. The highest BCUT2D eigenvalue weighted by molar-refractivity contribution is 5.80. The van der Waals surface area contributed by atoms with Crippen LogP contribution >= 0.6 is 0 Å². The Morgan fingerprint density at radius 1 is 0.861 bits per heavy atom. The molecule has 5 rings (SSSR count). The van der Waals surface area contributed by atoms with Gasteiger partial charge >= 0.3 is 0 Å². The lowest BCUT2D eigenvalue weighted by Gasteiger charge is -2.27. The molecule has 2 heterocycles. The third kappa shape index (κ3) is 6.55. The van der Waals surface area contributed by atoms with E-state index in [1.165, 1.54) is 0 Å².